The Bertz CT molecular complexity index is 989. The topological polar surface area (TPSA) is 71.2 Å². The highest BCUT2D eigenvalue weighted by Crippen LogP contribution is 2.26. The Hall–Kier alpha value is -3.34. The maximum atomic E-state index is 13.1. The van der Waals surface area contributed by atoms with Crippen LogP contribution in [0.3, 0.4) is 0 Å². The second-order valence-electron chi connectivity index (χ2n) is 6.77. The van der Waals surface area contributed by atoms with Gasteiger partial charge in [0.15, 0.2) is 5.78 Å². The van der Waals surface area contributed by atoms with Crippen LogP contribution in [-0.2, 0) is 0 Å². The predicted octanol–water partition coefficient (Wildman–Crippen LogP) is 4.36. The third-order valence-electron chi connectivity index (χ3n) is 4.87. The van der Waals surface area contributed by atoms with E-state index in [2.05, 4.69) is 10.3 Å². The molecule has 5 nitrogen and oxygen atoms in total. The van der Waals surface area contributed by atoms with Crippen molar-refractivity contribution in [2.45, 2.75) is 26.8 Å². The van der Waals surface area contributed by atoms with Crippen LogP contribution < -0.4 is 10.1 Å². The van der Waals surface area contributed by atoms with Gasteiger partial charge in [0.05, 0.1) is 13.2 Å². The molecule has 5 heteroatoms. The summed E-state index contributed by atoms with van der Waals surface area (Å²) < 4.78 is 5.23. The molecule has 0 spiro atoms. The second kappa shape index (κ2) is 8.13. The lowest BCUT2D eigenvalue weighted by Crippen LogP contribution is -2.30. The molecule has 0 aliphatic rings. The average molecular weight is 376 g/mol. The first-order chi connectivity index (χ1) is 13.4. The molecule has 1 aromatic heterocycles. The number of rotatable bonds is 6. The average Bonchev–Trinajstić information content (AvgIpc) is 3.01. The molecule has 2 aromatic carbocycles. The molecule has 0 saturated carbocycles. The number of aromatic nitrogens is 1. The SMILES string of the molecule is COc1ccc(C(NC(=O)c2[nH]c(C)c(C(C)=O)c2C)c2ccccc2)cc1. The number of aryl methyl sites for hydroxylation is 1. The summed E-state index contributed by atoms with van der Waals surface area (Å²) in [4.78, 5) is 28.0. The quantitative estimate of drug-likeness (QED) is 0.628. The number of methoxy groups -OCH3 is 1. The Balaban J connectivity index is 1.97. The summed E-state index contributed by atoms with van der Waals surface area (Å²) in [6.07, 6.45) is 0. The number of hydrogen-bond acceptors (Lipinski definition) is 3. The van der Waals surface area contributed by atoms with Crippen molar-refractivity contribution in [2.75, 3.05) is 7.11 Å². The van der Waals surface area contributed by atoms with E-state index in [1.54, 1.807) is 21.0 Å². The van der Waals surface area contributed by atoms with Gasteiger partial charge in [-0.3, -0.25) is 9.59 Å². The third-order valence-corrected chi connectivity index (χ3v) is 4.87. The highest BCUT2D eigenvalue weighted by molar-refractivity contribution is 6.02. The molecule has 0 bridgehead atoms. The van der Waals surface area contributed by atoms with Gasteiger partial charge < -0.3 is 15.0 Å². The number of nitrogens with one attached hydrogen (secondary N) is 2. The van der Waals surface area contributed by atoms with Crippen molar-refractivity contribution in [1.82, 2.24) is 10.3 Å². The van der Waals surface area contributed by atoms with Crippen LogP contribution in [0.4, 0.5) is 0 Å². The maximum Gasteiger partial charge on any atom is 0.268 e. The number of ether oxygens (including phenoxy) is 1. The molecular formula is C23H24N2O3. The van der Waals surface area contributed by atoms with Gasteiger partial charge in [-0.1, -0.05) is 42.5 Å². The van der Waals surface area contributed by atoms with Gasteiger partial charge in [0.1, 0.15) is 11.4 Å². The molecule has 0 radical (unpaired) electrons. The van der Waals surface area contributed by atoms with E-state index in [0.717, 1.165) is 16.9 Å². The van der Waals surface area contributed by atoms with Gasteiger partial charge >= 0.3 is 0 Å². The van der Waals surface area contributed by atoms with Gasteiger partial charge in [0.2, 0.25) is 0 Å². The number of benzene rings is 2. The Labute approximate surface area is 164 Å². The zero-order chi connectivity index (χ0) is 20.3. The summed E-state index contributed by atoms with van der Waals surface area (Å²) in [7, 11) is 1.62. The number of H-pyrrole nitrogens is 1. The monoisotopic (exact) mass is 376 g/mol. The minimum absolute atomic E-state index is 0.0555. The van der Waals surface area contributed by atoms with Gasteiger partial charge in [0, 0.05) is 11.3 Å². The number of Topliss-reactive ketones (excluding diaryl/α,β-unsaturated/α-hetero) is 1. The van der Waals surface area contributed by atoms with Crippen molar-refractivity contribution in [3.05, 3.63) is 88.2 Å². The highest BCUT2D eigenvalue weighted by Gasteiger charge is 2.23. The number of carbonyl (C=O) groups is 2. The number of hydrogen-bond donors (Lipinski definition) is 2. The van der Waals surface area contributed by atoms with Crippen LogP contribution in [0.15, 0.2) is 54.6 Å². The largest absolute Gasteiger partial charge is 0.497 e. The first-order valence-electron chi connectivity index (χ1n) is 9.12. The van der Waals surface area contributed by atoms with Gasteiger partial charge in [0.25, 0.3) is 5.91 Å². The zero-order valence-electron chi connectivity index (χ0n) is 16.5. The molecular weight excluding hydrogens is 352 g/mol. The van der Waals surface area contributed by atoms with Gasteiger partial charge in [-0.15, -0.1) is 0 Å². The molecule has 144 valence electrons. The lowest BCUT2D eigenvalue weighted by atomic mass is 9.98. The van der Waals surface area contributed by atoms with Crippen molar-refractivity contribution < 1.29 is 14.3 Å². The van der Waals surface area contributed by atoms with Crippen molar-refractivity contribution in [3.8, 4) is 5.75 Å². The van der Waals surface area contributed by atoms with E-state index in [9.17, 15) is 9.59 Å². The summed E-state index contributed by atoms with van der Waals surface area (Å²) in [6.45, 7) is 5.10. The third kappa shape index (κ3) is 3.83. The van der Waals surface area contributed by atoms with E-state index < -0.39 is 0 Å². The fourth-order valence-electron chi connectivity index (χ4n) is 3.51. The molecule has 0 fully saturated rings. The first-order valence-corrected chi connectivity index (χ1v) is 9.12. The van der Waals surface area contributed by atoms with Crippen molar-refractivity contribution in [2.24, 2.45) is 0 Å². The number of ketones is 1. The zero-order valence-corrected chi connectivity index (χ0v) is 16.5. The summed E-state index contributed by atoms with van der Waals surface area (Å²) in [5.41, 5.74) is 4.27. The summed E-state index contributed by atoms with van der Waals surface area (Å²) >= 11 is 0. The maximum absolute atomic E-state index is 13.1. The van der Waals surface area contributed by atoms with E-state index in [-0.39, 0.29) is 17.7 Å². The fraction of sp³-hybridized carbons (Fsp3) is 0.217. The van der Waals surface area contributed by atoms with Crippen molar-refractivity contribution in [1.29, 1.82) is 0 Å². The van der Waals surface area contributed by atoms with Gasteiger partial charge in [-0.2, -0.15) is 0 Å². The minimum Gasteiger partial charge on any atom is -0.497 e. The number of carbonyl (C=O) groups excluding carboxylic acids is 2. The molecule has 0 saturated heterocycles. The van der Waals surface area contributed by atoms with Gasteiger partial charge in [-0.05, 0) is 49.6 Å². The van der Waals surface area contributed by atoms with E-state index in [0.29, 0.717) is 22.5 Å². The second-order valence-corrected chi connectivity index (χ2v) is 6.77. The van der Waals surface area contributed by atoms with Crippen molar-refractivity contribution in [3.63, 3.8) is 0 Å². The van der Waals surface area contributed by atoms with Crippen LogP contribution in [0.1, 0.15) is 56.2 Å². The first kappa shape index (κ1) is 19.4. The lowest BCUT2D eigenvalue weighted by Gasteiger charge is -2.20. The molecule has 1 heterocycles. The number of aromatic amines is 1. The molecule has 3 rings (SSSR count). The standard InChI is InChI=1S/C23H24N2O3/c1-14-20(16(3)26)15(2)24-21(14)23(27)25-22(17-8-6-5-7-9-17)18-10-12-19(28-4)13-11-18/h5-13,22,24H,1-4H3,(H,25,27). The van der Waals surface area contributed by atoms with Crippen LogP contribution in [0.5, 0.6) is 5.75 Å². The Kier molecular flexibility index (Phi) is 5.64. The van der Waals surface area contributed by atoms with Crippen molar-refractivity contribution >= 4 is 11.7 Å². The molecule has 2 N–H and O–H groups in total. The van der Waals surface area contributed by atoms with Gasteiger partial charge in [-0.25, -0.2) is 0 Å². The molecule has 0 aliphatic carbocycles. The number of amides is 1. The molecule has 1 atom stereocenters. The molecule has 1 unspecified atom stereocenters. The van der Waals surface area contributed by atoms with Crippen LogP contribution in [0.2, 0.25) is 0 Å². The highest BCUT2D eigenvalue weighted by atomic mass is 16.5. The molecule has 0 aliphatic heterocycles. The van der Waals surface area contributed by atoms with Crippen LogP contribution in [0.25, 0.3) is 0 Å². The smallest absolute Gasteiger partial charge is 0.268 e. The lowest BCUT2D eigenvalue weighted by molar-refractivity contribution is 0.0937. The van der Waals surface area contributed by atoms with Crippen LogP contribution >= 0.6 is 0 Å². The summed E-state index contributed by atoms with van der Waals surface area (Å²) in [5, 5.41) is 3.10. The normalized spacial score (nSPS) is 11.7. The molecule has 28 heavy (non-hydrogen) atoms. The Morgan fingerprint density at radius 3 is 2.11 bits per heavy atom. The van der Waals surface area contributed by atoms with E-state index >= 15 is 0 Å². The van der Waals surface area contributed by atoms with Crippen LogP contribution in [0, 0.1) is 13.8 Å². The summed E-state index contributed by atoms with van der Waals surface area (Å²) in [6, 6.07) is 17.1. The van der Waals surface area contributed by atoms with E-state index in [1.165, 1.54) is 6.92 Å². The Morgan fingerprint density at radius 1 is 0.964 bits per heavy atom. The predicted molar refractivity (Wildman–Crippen MR) is 109 cm³/mol. The molecule has 3 aromatic rings. The van der Waals surface area contributed by atoms with E-state index in [1.807, 2.05) is 54.6 Å². The summed E-state index contributed by atoms with van der Waals surface area (Å²) in [5.74, 6) is 0.446. The van der Waals surface area contributed by atoms with Crippen LogP contribution in [-0.4, -0.2) is 23.8 Å². The van der Waals surface area contributed by atoms with E-state index in [4.69, 9.17) is 4.74 Å². The Morgan fingerprint density at radius 2 is 1.57 bits per heavy atom. The fourth-order valence-corrected chi connectivity index (χ4v) is 3.51. The molecule has 1 amide bonds. The minimum atomic E-state index is -0.330.